The highest BCUT2D eigenvalue weighted by Crippen LogP contribution is 2.44. The minimum atomic E-state index is -0.0745. The highest BCUT2D eigenvalue weighted by atomic mass is 16.5. The van der Waals surface area contributed by atoms with Crippen molar-refractivity contribution in [1.29, 1.82) is 0 Å². The molecular formula is C58H37BN2O2. The number of furan rings is 1. The summed E-state index contributed by atoms with van der Waals surface area (Å²) in [7, 11) is 0. The van der Waals surface area contributed by atoms with Crippen LogP contribution in [0.1, 0.15) is 0 Å². The lowest BCUT2D eigenvalue weighted by Crippen LogP contribution is -2.59. The number of hydrogen-bond donors (Lipinski definition) is 0. The molecule has 2 aliphatic rings. The summed E-state index contributed by atoms with van der Waals surface area (Å²) in [5.41, 5.74) is 16.5. The van der Waals surface area contributed by atoms with E-state index in [0.29, 0.717) is 0 Å². The van der Waals surface area contributed by atoms with E-state index in [1.54, 1.807) is 0 Å². The topological polar surface area (TPSA) is 28.9 Å². The first-order valence-electron chi connectivity index (χ1n) is 21.5. The summed E-state index contributed by atoms with van der Waals surface area (Å²) in [5, 5.41) is 4.37. The second kappa shape index (κ2) is 14.2. The minimum Gasteiger partial charge on any atom is -0.458 e. The number of ether oxygens (including phenoxy) is 1. The second-order valence-corrected chi connectivity index (χ2v) is 16.5. The lowest BCUT2D eigenvalue weighted by Gasteiger charge is -2.40. The van der Waals surface area contributed by atoms with Gasteiger partial charge < -0.3 is 19.0 Å². The molecule has 0 N–H and O–H groups in total. The van der Waals surface area contributed by atoms with Crippen molar-refractivity contribution in [1.82, 2.24) is 0 Å². The van der Waals surface area contributed by atoms with E-state index in [0.717, 1.165) is 89.3 Å². The van der Waals surface area contributed by atoms with Crippen LogP contribution in [-0.2, 0) is 0 Å². The number of anilines is 6. The van der Waals surface area contributed by atoms with Crippen molar-refractivity contribution in [2.75, 3.05) is 9.80 Å². The molecule has 5 heteroatoms. The van der Waals surface area contributed by atoms with Gasteiger partial charge in [-0.2, -0.15) is 0 Å². The van der Waals surface area contributed by atoms with Gasteiger partial charge in [0.15, 0.2) is 0 Å². The lowest BCUT2D eigenvalue weighted by molar-refractivity contribution is 0.488. The van der Waals surface area contributed by atoms with Crippen LogP contribution in [0.4, 0.5) is 34.1 Å². The van der Waals surface area contributed by atoms with E-state index in [9.17, 15) is 0 Å². The van der Waals surface area contributed by atoms with Crippen LogP contribution in [0.25, 0.3) is 55.0 Å². The summed E-state index contributed by atoms with van der Waals surface area (Å²) in [6.45, 7) is -0.0745. The molecule has 2 aliphatic heterocycles. The molecule has 0 aliphatic carbocycles. The van der Waals surface area contributed by atoms with Crippen molar-refractivity contribution < 1.29 is 9.15 Å². The Kier molecular flexibility index (Phi) is 7.97. The van der Waals surface area contributed by atoms with Gasteiger partial charge in [-0.25, -0.2) is 0 Å². The molecule has 11 aromatic rings. The third-order valence-corrected chi connectivity index (χ3v) is 12.8. The first-order chi connectivity index (χ1) is 31.2. The number of para-hydroxylation sites is 2. The van der Waals surface area contributed by atoms with Gasteiger partial charge in [0.2, 0.25) is 0 Å². The van der Waals surface area contributed by atoms with Gasteiger partial charge in [-0.1, -0.05) is 133 Å². The van der Waals surface area contributed by atoms with Crippen LogP contribution < -0.4 is 30.9 Å². The minimum absolute atomic E-state index is 0.0745. The lowest BCUT2D eigenvalue weighted by atomic mass is 9.34. The maximum Gasteiger partial charge on any atom is 0.256 e. The Morgan fingerprint density at radius 1 is 0.381 bits per heavy atom. The Labute approximate surface area is 365 Å². The van der Waals surface area contributed by atoms with E-state index in [-0.39, 0.29) is 6.71 Å². The molecular weight excluding hydrogens is 767 g/mol. The smallest absolute Gasteiger partial charge is 0.256 e. The molecule has 0 saturated carbocycles. The fourth-order valence-corrected chi connectivity index (χ4v) is 9.96. The normalized spacial score (nSPS) is 12.5. The van der Waals surface area contributed by atoms with Crippen molar-refractivity contribution in [3.8, 4) is 33.8 Å². The molecule has 1 aromatic heterocycles. The average Bonchev–Trinajstić information content (AvgIpc) is 3.69. The highest BCUT2D eigenvalue weighted by molar-refractivity contribution is 6.99. The molecule has 0 radical (unpaired) electrons. The molecule has 0 saturated heterocycles. The molecule has 0 unspecified atom stereocenters. The molecule has 3 heterocycles. The van der Waals surface area contributed by atoms with Gasteiger partial charge in [-0.15, -0.1) is 0 Å². The second-order valence-electron chi connectivity index (χ2n) is 16.5. The molecule has 13 rings (SSSR count). The average molecular weight is 805 g/mol. The summed E-state index contributed by atoms with van der Waals surface area (Å²) in [4.78, 5) is 4.72. The quantitative estimate of drug-likeness (QED) is 0.157. The SMILES string of the molecule is c1ccc(-c2cccc(N3c4cc(-c5ccccc5)ccc4B4c5cc6oc7cc8cc(N(c9ccccc9)c9ccccc9)ccc8cc7c6cc5Oc5cccc3c54)c2)cc1. The fourth-order valence-electron chi connectivity index (χ4n) is 9.96. The molecule has 0 atom stereocenters. The summed E-state index contributed by atoms with van der Waals surface area (Å²) in [5.74, 6) is 1.73. The Balaban J connectivity index is 0.970. The zero-order valence-electron chi connectivity index (χ0n) is 34.2. The standard InChI is InChI=1S/C58H37BN2O2/c1-5-15-38(16-6-1)40-19-13-24-46(31-40)61-52-25-14-26-54-58(52)59(50-30-28-42(34-53(50)61)39-17-7-2-8-18-39)51-37-56-49(36-57(51)62-54)48-33-41-27-29-47(32-43(41)35-55(48)63-56)60(44-20-9-3-10-21-44)45-22-11-4-12-23-45/h1-37H. The predicted molar refractivity (Wildman–Crippen MR) is 263 cm³/mol. The van der Waals surface area contributed by atoms with Crippen LogP contribution >= 0.6 is 0 Å². The van der Waals surface area contributed by atoms with Crippen molar-refractivity contribution in [3.05, 3.63) is 224 Å². The van der Waals surface area contributed by atoms with Crippen LogP contribution in [0.2, 0.25) is 0 Å². The number of nitrogens with zero attached hydrogens (tertiary/aromatic N) is 2. The third-order valence-electron chi connectivity index (χ3n) is 12.8. The van der Waals surface area contributed by atoms with Crippen LogP contribution in [0.15, 0.2) is 229 Å². The fraction of sp³-hybridized carbons (Fsp3) is 0. The van der Waals surface area contributed by atoms with Crippen molar-refractivity contribution in [2.24, 2.45) is 0 Å². The van der Waals surface area contributed by atoms with E-state index in [1.807, 2.05) is 0 Å². The zero-order chi connectivity index (χ0) is 41.4. The number of hydrogen-bond acceptors (Lipinski definition) is 4. The number of rotatable bonds is 6. The Morgan fingerprint density at radius 3 is 1.75 bits per heavy atom. The highest BCUT2D eigenvalue weighted by Gasteiger charge is 2.42. The van der Waals surface area contributed by atoms with Crippen molar-refractivity contribution in [2.45, 2.75) is 0 Å². The van der Waals surface area contributed by atoms with Gasteiger partial charge in [-0.05, 0) is 140 Å². The zero-order valence-corrected chi connectivity index (χ0v) is 34.2. The monoisotopic (exact) mass is 804 g/mol. The van der Waals surface area contributed by atoms with E-state index < -0.39 is 0 Å². The Morgan fingerprint density at radius 2 is 1.02 bits per heavy atom. The number of fused-ring (bicyclic) bond motifs is 8. The largest absolute Gasteiger partial charge is 0.458 e. The molecule has 0 amide bonds. The van der Waals surface area contributed by atoms with Gasteiger partial charge in [0.1, 0.15) is 22.7 Å². The Hall–Kier alpha value is -8.28. The molecule has 0 fully saturated rings. The maximum absolute atomic E-state index is 6.98. The molecule has 10 aromatic carbocycles. The summed E-state index contributed by atoms with van der Waals surface area (Å²) in [6.07, 6.45) is 0. The van der Waals surface area contributed by atoms with E-state index in [2.05, 4.69) is 234 Å². The first-order valence-corrected chi connectivity index (χ1v) is 21.5. The van der Waals surface area contributed by atoms with Gasteiger partial charge in [0, 0.05) is 44.9 Å². The molecule has 0 bridgehead atoms. The number of benzene rings is 10. The van der Waals surface area contributed by atoms with E-state index >= 15 is 0 Å². The molecule has 294 valence electrons. The predicted octanol–water partition coefficient (Wildman–Crippen LogP) is 13.9. The maximum atomic E-state index is 6.98. The van der Waals surface area contributed by atoms with Gasteiger partial charge in [0.25, 0.3) is 6.71 Å². The van der Waals surface area contributed by atoms with Gasteiger partial charge in [-0.3, -0.25) is 0 Å². The third kappa shape index (κ3) is 5.78. The van der Waals surface area contributed by atoms with Crippen molar-refractivity contribution >= 4 is 89.9 Å². The summed E-state index contributed by atoms with van der Waals surface area (Å²) < 4.78 is 13.8. The van der Waals surface area contributed by atoms with Crippen molar-refractivity contribution in [3.63, 3.8) is 0 Å². The van der Waals surface area contributed by atoms with Crippen LogP contribution in [0, 0.1) is 0 Å². The molecule has 4 nitrogen and oxygen atoms in total. The van der Waals surface area contributed by atoms with E-state index in [1.165, 1.54) is 27.7 Å². The summed E-state index contributed by atoms with van der Waals surface area (Å²) >= 11 is 0. The van der Waals surface area contributed by atoms with Crippen LogP contribution in [0.5, 0.6) is 11.5 Å². The first kappa shape index (κ1) is 35.5. The van der Waals surface area contributed by atoms with Crippen LogP contribution in [0.3, 0.4) is 0 Å². The van der Waals surface area contributed by atoms with Gasteiger partial charge in [0.05, 0.1) is 0 Å². The molecule has 63 heavy (non-hydrogen) atoms. The van der Waals surface area contributed by atoms with Crippen LogP contribution in [-0.4, -0.2) is 6.71 Å². The summed E-state index contributed by atoms with van der Waals surface area (Å²) in [6, 6.07) is 80.2. The van der Waals surface area contributed by atoms with Gasteiger partial charge >= 0.3 is 0 Å². The Bertz CT molecular complexity index is 3510. The molecule has 0 spiro atoms. The van der Waals surface area contributed by atoms with E-state index in [4.69, 9.17) is 9.15 Å².